The minimum absolute atomic E-state index is 0.259. The Hall–Kier alpha value is -2.11. The van der Waals surface area contributed by atoms with Gasteiger partial charge in [-0.05, 0) is 19.2 Å². The summed E-state index contributed by atoms with van der Waals surface area (Å²) in [6.45, 7) is 4.32. The number of nitrogens with zero attached hydrogens (tertiary/aromatic N) is 3. The molecule has 0 bridgehead atoms. The molecule has 0 fully saturated rings. The SMILES string of the molecule is C=CS(=O)(=O)N(C)CCN(C)Cc1nc2cc(OC(F)(F)F)ccc2[nH]1. The summed E-state index contributed by atoms with van der Waals surface area (Å²) >= 11 is 0. The van der Waals surface area contributed by atoms with E-state index in [1.165, 1.54) is 29.6 Å². The summed E-state index contributed by atoms with van der Waals surface area (Å²) in [6.07, 6.45) is -4.76. The van der Waals surface area contributed by atoms with Crippen molar-refractivity contribution in [3.63, 3.8) is 0 Å². The van der Waals surface area contributed by atoms with Gasteiger partial charge in [-0.3, -0.25) is 4.90 Å². The molecule has 26 heavy (non-hydrogen) atoms. The Labute approximate surface area is 149 Å². The number of H-pyrrole nitrogens is 1. The number of nitrogens with one attached hydrogen (secondary N) is 1. The van der Waals surface area contributed by atoms with Crippen LogP contribution in [0.1, 0.15) is 5.82 Å². The van der Waals surface area contributed by atoms with Crippen LogP contribution in [-0.2, 0) is 16.6 Å². The molecule has 2 aromatic rings. The van der Waals surface area contributed by atoms with Gasteiger partial charge in [-0.15, -0.1) is 13.2 Å². The van der Waals surface area contributed by atoms with E-state index in [-0.39, 0.29) is 12.3 Å². The van der Waals surface area contributed by atoms with E-state index in [2.05, 4.69) is 21.3 Å². The Balaban J connectivity index is 2.01. The fourth-order valence-electron chi connectivity index (χ4n) is 2.21. The number of aromatic amines is 1. The van der Waals surface area contributed by atoms with E-state index < -0.39 is 16.4 Å². The molecule has 2 rings (SSSR count). The monoisotopic (exact) mass is 392 g/mol. The predicted octanol–water partition coefficient (Wildman–Crippen LogP) is 2.30. The number of ether oxygens (including phenoxy) is 1. The van der Waals surface area contributed by atoms with Crippen LogP contribution in [0.2, 0.25) is 0 Å². The molecule has 0 atom stereocenters. The van der Waals surface area contributed by atoms with E-state index in [9.17, 15) is 21.6 Å². The van der Waals surface area contributed by atoms with Gasteiger partial charge in [0.1, 0.15) is 11.6 Å². The average molecular weight is 392 g/mol. The van der Waals surface area contributed by atoms with Crippen LogP contribution < -0.4 is 4.74 Å². The van der Waals surface area contributed by atoms with E-state index in [1.54, 1.807) is 7.05 Å². The number of hydrogen-bond donors (Lipinski definition) is 1. The van der Waals surface area contributed by atoms with Gasteiger partial charge in [-0.25, -0.2) is 17.7 Å². The summed E-state index contributed by atoms with van der Waals surface area (Å²) in [6, 6.07) is 3.86. The molecule has 0 saturated heterocycles. The number of aromatic nitrogens is 2. The third-order valence-corrected chi connectivity index (χ3v) is 5.07. The maximum absolute atomic E-state index is 12.3. The third-order valence-electron chi connectivity index (χ3n) is 3.60. The summed E-state index contributed by atoms with van der Waals surface area (Å²) in [5.41, 5.74) is 0.927. The third kappa shape index (κ3) is 5.44. The van der Waals surface area contributed by atoms with Crippen LogP contribution in [0.25, 0.3) is 11.0 Å². The molecule has 0 amide bonds. The molecule has 0 aliphatic carbocycles. The van der Waals surface area contributed by atoms with Crippen molar-refractivity contribution < 1.29 is 26.3 Å². The zero-order valence-electron chi connectivity index (χ0n) is 14.2. The molecule has 7 nitrogen and oxygen atoms in total. The maximum atomic E-state index is 12.3. The summed E-state index contributed by atoms with van der Waals surface area (Å²) in [7, 11) is -0.236. The normalized spacial score (nSPS) is 12.9. The quantitative estimate of drug-likeness (QED) is 0.746. The molecule has 144 valence electrons. The highest BCUT2D eigenvalue weighted by Gasteiger charge is 2.31. The first-order chi connectivity index (χ1) is 12.0. The first kappa shape index (κ1) is 20.2. The number of rotatable bonds is 8. The van der Waals surface area contributed by atoms with Crippen LogP contribution in [0.15, 0.2) is 30.2 Å². The van der Waals surface area contributed by atoms with E-state index in [4.69, 9.17) is 0 Å². The van der Waals surface area contributed by atoms with Crippen molar-refractivity contribution in [2.75, 3.05) is 27.2 Å². The maximum Gasteiger partial charge on any atom is 0.573 e. The van der Waals surface area contributed by atoms with Crippen molar-refractivity contribution in [3.8, 4) is 5.75 Å². The molecule has 0 aliphatic rings. The first-order valence-electron chi connectivity index (χ1n) is 7.52. The largest absolute Gasteiger partial charge is 0.573 e. The Bertz CT molecular complexity index is 880. The smallest absolute Gasteiger partial charge is 0.406 e. The van der Waals surface area contributed by atoms with Crippen LogP contribution in [-0.4, -0.2) is 61.1 Å². The number of benzene rings is 1. The molecule has 1 aromatic heterocycles. The van der Waals surface area contributed by atoms with Crippen molar-refractivity contribution in [3.05, 3.63) is 36.0 Å². The average Bonchev–Trinajstić information content (AvgIpc) is 2.92. The molecule has 1 N–H and O–H groups in total. The second kappa shape index (κ2) is 7.64. The van der Waals surface area contributed by atoms with Gasteiger partial charge in [0, 0.05) is 31.6 Å². The highest BCUT2D eigenvalue weighted by molar-refractivity contribution is 7.91. The highest BCUT2D eigenvalue weighted by atomic mass is 32.2. The second-order valence-corrected chi connectivity index (χ2v) is 7.67. The zero-order chi connectivity index (χ0) is 19.5. The Kier molecular flexibility index (Phi) is 5.94. The van der Waals surface area contributed by atoms with Gasteiger partial charge in [-0.1, -0.05) is 6.58 Å². The van der Waals surface area contributed by atoms with Crippen molar-refractivity contribution >= 4 is 21.1 Å². The molecule has 1 aromatic carbocycles. The minimum Gasteiger partial charge on any atom is -0.406 e. The molecule has 11 heteroatoms. The van der Waals surface area contributed by atoms with Crippen LogP contribution in [0.4, 0.5) is 13.2 Å². The van der Waals surface area contributed by atoms with Crippen LogP contribution >= 0.6 is 0 Å². The molecule has 0 unspecified atom stereocenters. The van der Waals surface area contributed by atoms with Gasteiger partial charge in [0.15, 0.2) is 0 Å². The lowest BCUT2D eigenvalue weighted by Crippen LogP contribution is -2.33. The van der Waals surface area contributed by atoms with Crippen molar-refractivity contribution in [2.45, 2.75) is 12.9 Å². The molecule has 0 saturated carbocycles. The summed E-state index contributed by atoms with van der Waals surface area (Å²) < 4.78 is 65.0. The molecule has 0 radical (unpaired) electrons. The van der Waals surface area contributed by atoms with Crippen molar-refractivity contribution in [1.82, 2.24) is 19.2 Å². The van der Waals surface area contributed by atoms with Gasteiger partial charge in [0.05, 0.1) is 17.6 Å². The van der Waals surface area contributed by atoms with Gasteiger partial charge in [0.2, 0.25) is 10.0 Å². The van der Waals surface area contributed by atoms with Gasteiger partial charge < -0.3 is 9.72 Å². The van der Waals surface area contributed by atoms with Crippen molar-refractivity contribution in [1.29, 1.82) is 0 Å². The lowest BCUT2D eigenvalue weighted by atomic mass is 10.3. The number of alkyl halides is 3. The molecule has 0 aliphatic heterocycles. The number of halogens is 3. The van der Waals surface area contributed by atoms with E-state index >= 15 is 0 Å². The second-order valence-electron chi connectivity index (χ2n) is 5.68. The number of sulfonamides is 1. The standard InChI is InChI=1S/C15H19F3N4O3S/c1-4-26(23,24)22(3)8-7-21(2)10-14-19-12-6-5-11(9-13(12)20-14)25-15(16,17)18/h4-6,9H,1,7-8,10H2,2-3H3,(H,19,20). The Morgan fingerprint density at radius 3 is 2.62 bits per heavy atom. The Morgan fingerprint density at radius 1 is 1.31 bits per heavy atom. The number of hydrogen-bond acceptors (Lipinski definition) is 5. The van der Waals surface area contributed by atoms with E-state index in [0.717, 1.165) is 5.41 Å². The number of imidazole rings is 1. The van der Waals surface area contributed by atoms with Crippen LogP contribution in [0.3, 0.4) is 0 Å². The fourth-order valence-corrected chi connectivity index (χ4v) is 2.80. The van der Waals surface area contributed by atoms with Gasteiger partial charge in [0.25, 0.3) is 0 Å². The van der Waals surface area contributed by atoms with Gasteiger partial charge >= 0.3 is 6.36 Å². The molecular weight excluding hydrogens is 373 g/mol. The minimum atomic E-state index is -4.76. The lowest BCUT2D eigenvalue weighted by molar-refractivity contribution is -0.274. The predicted molar refractivity (Wildman–Crippen MR) is 90.9 cm³/mol. The van der Waals surface area contributed by atoms with E-state index in [1.807, 2.05) is 4.90 Å². The number of likely N-dealkylation sites (N-methyl/N-ethyl adjacent to an activating group) is 2. The topological polar surface area (TPSA) is 78.5 Å². The fraction of sp³-hybridized carbons (Fsp3) is 0.400. The number of fused-ring (bicyclic) bond motifs is 1. The summed E-state index contributed by atoms with van der Waals surface area (Å²) in [5.74, 6) is 0.202. The summed E-state index contributed by atoms with van der Waals surface area (Å²) in [4.78, 5) is 9.08. The van der Waals surface area contributed by atoms with Crippen LogP contribution in [0.5, 0.6) is 5.75 Å². The van der Waals surface area contributed by atoms with Gasteiger partial charge in [-0.2, -0.15) is 0 Å². The zero-order valence-corrected chi connectivity index (χ0v) is 15.1. The Morgan fingerprint density at radius 2 is 2.00 bits per heavy atom. The molecule has 1 heterocycles. The first-order valence-corrected chi connectivity index (χ1v) is 9.02. The lowest BCUT2D eigenvalue weighted by Gasteiger charge is -2.19. The highest BCUT2D eigenvalue weighted by Crippen LogP contribution is 2.25. The molecular formula is C15H19F3N4O3S. The summed E-state index contributed by atoms with van der Waals surface area (Å²) in [5, 5.41) is 0.882. The van der Waals surface area contributed by atoms with E-state index in [0.29, 0.717) is 29.9 Å². The van der Waals surface area contributed by atoms with Crippen LogP contribution in [0, 0.1) is 0 Å². The molecule has 0 spiro atoms. The van der Waals surface area contributed by atoms with Crippen molar-refractivity contribution in [2.24, 2.45) is 0 Å².